The maximum Gasteiger partial charge on any atom is 0.412 e. The van der Waals surface area contributed by atoms with E-state index in [0.717, 1.165) is 0 Å². The van der Waals surface area contributed by atoms with E-state index in [4.69, 9.17) is 4.74 Å². The van der Waals surface area contributed by atoms with Gasteiger partial charge in [0, 0.05) is 21.3 Å². The molecule has 0 fully saturated rings. The Morgan fingerprint density at radius 2 is 2.00 bits per heavy atom. The van der Waals surface area contributed by atoms with Crippen LogP contribution in [0.1, 0.15) is 20.8 Å². The molecule has 1 atom stereocenters. The number of ether oxygens (including phenoxy) is 1. The summed E-state index contributed by atoms with van der Waals surface area (Å²) < 4.78 is 5.95. The number of nitrogens with one attached hydrogen (secondary N) is 1. The third-order valence-electron chi connectivity index (χ3n) is 3.71. The molecule has 0 aliphatic heterocycles. The second-order valence-electron chi connectivity index (χ2n) is 6.61. The maximum absolute atomic E-state index is 12.2. The standard InChI is InChI=1S/C18H19BrN2O4/c1-5-15(18(2,3)4)25-17(22)20-13-10-9-11-12(16(13)19)7-6-8-14(11)21(23)24/h5-10,15H,1H2,2-4H3,(H,20,22). The second-order valence-corrected chi connectivity index (χ2v) is 7.40. The van der Waals surface area contributed by atoms with E-state index >= 15 is 0 Å². The van der Waals surface area contributed by atoms with Gasteiger partial charge in [-0.05, 0) is 28.1 Å². The highest BCUT2D eigenvalue weighted by molar-refractivity contribution is 9.10. The zero-order valence-electron chi connectivity index (χ0n) is 14.2. The van der Waals surface area contributed by atoms with Crippen molar-refractivity contribution in [2.45, 2.75) is 26.9 Å². The third kappa shape index (κ3) is 4.17. The number of hydrogen-bond donors (Lipinski definition) is 1. The van der Waals surface area contributed by atoms with Crippen LogP contribution in [0.15, 0.2) is 47.5 Å². The zero-order valence-corrected chi connectivity index (χ0v) is 15.8. The molecule has 1 amide bonds. The van der Waals surface area contributed by atoms with E-state index in [0.29, 0.717) is 20.9 Å². The first kappa shape index (κ1) is 18.9. The van der Waals surface area contributed by atoms with Crippen molar-refractivity contribution in [1.29, 1.82) is 0 Å². The van der Waals surface area contributed by atoms with Gasteiger partial charge >= 0.3 is 6.09 Å². The number of rotatable bonds is 4. The highest BCUT2D eigenvalue weighted by Gasteiger charge is 2.26. The van der Waals surface area contributed by atoms with Gasteiger partial charge in [-0.25, -0.2) is 4.79 Å². The number of non-ortho nitro benzene ring substituents is 1. The summed E-state index contributed by atoms with van der Waals surface area (Å²) in [4.78, 5) is 22.9. The minimum atomic E-state index is -0.620. The van der Waals surface area contributed by atoms with Crippen LogP contribution in [-0.4, -0.2) is 17.1 Å². The number of hydrogen-bond acceptors (Lipinski definition) is 4. The van der Waals surface area contributed by atoms with Gasteiger partial charge in [0.2, 0.25) is 0 Å². The number of halogens is 1. The van der Waals surface area contributed by atoms with Gasteiger partial charge in [-0.1, -0.05) is 45.6 Å². The van der Waals surface area contributed by atoms with E-state index in [-0.39, 0.29) is 11.1 Å². The van der Waals surface area contributed by atoms with E-state index in [9.17, 15) is 14.9 Å². The van der Waals surface area contributed by atoms with Crippen LogP contribution in [0.5, 0.6) is 0 Å². The number of benzene rings is 2. The molecule has 132 valence electrons. The average Bonchev–Trinajstić information content (AvgIpc) is 2.53. The van der Waals surface area contributed by atoms with Gasteiger partial charge < -0.3 is 4.74 Å². The van der Waals surface area contributed by atoms with Crippen LogP contribution in [0.2, 0.25) is 0 Å². The molecule has 0 aliphatic rings. The van der Waals surface area contributed by atoms with Crippen molar-refractivity contribution in [3.05, 3.63) is 57.6 Å². The summed E-state index contributed by atoms with van der Waals surface area (Å²) in [5.41, 5.74) is 0.196. The summed E-state index contributed by atoms with van der Waals surface area (Å²) in [5, 5.41) is 14.9. The van der Waals surface area contributed by atoms with Crippen LogP contribution in [-0.2, 0) is 4.74 Å². The quantitative estimate of drug-likeness (QED) is 0.403. The Labute approximate surface area is 154 Å². The van der Waals surface area contributed by atoms with E-state index < -0.39 is 17.1 Å². The molecule has 7 heteroatoms. The molecule has 0 saturated carbocycles. The molecule has 0 saturated heterocycles. The number of amides is 1. The van der Waals surface area contributed by atoms with Crippen LogP contribution >= 0.6 is 15.9 Å². The monoisotopic (exact) mass is 406 g/mol. The first-order valence-electron chi connectivity index (χ1n) is 7.61. The predicted octanol–water partition coefficient (Wildman–Crippen LogP) is 5.66. The molecule has 1 N–H and O–H groups in total. The molecular weight excluding hydrogens is 388 g/mol. The topological polar surface area (TPSA) is 81.5 Å². The second kappa shape index (κ2) is 7.23. The Morgan fingerprint density at radius 1 is 1.32 bits per heavy atom. The highest BCUT2D eigenvalue weighted by atomic mass is 79.9. The van der Waals surface area contributed by atoms with Crippen LogP contribution < -0.4 is 5.32 Å². The molecule has 1 unspecified atom stereocenters. The Kier molecular flexibility index (Phi) is 5.47. The molecule has 2 aromatic carbocycles. The van der Waals surface area contributed by atoms with Gasteiger partial charge in [-0.2, -0.15) is 0 Å². The fourth-order valence-electron chi connectivity index (χ4n) is 2.39. The summed E-state index contributed by atoms with van der Waals surface area (Å²) in [7, 11) is 0. The van der Waals surface area contributed by atoms with Crippen molar-refractivity contribution < 1.29 is 14.5 Å². The van der Waals surface area contributed by atoms with Crippen molar-refractivity contribution in [3.63, 3.8) is 0 Å². The fourth-order valence-corrected chi connectivity index (χ4v) is 2.97. The minimum Gasteiger partial charge on any atom is -0.441 e. The lowest BCUT2D eigenvalue weighted by atomic mass is 9.89. The molecule has 25 heavy (non-hydrogen) atoms. The highest BCUT2D eigenvalue weighted by Crippen LogP contribution is 2.36. The molecule has 2 aromatic rings. The van der Waals surface area contributed by atoms with Gasteiger partial charge in [0.25, 0.3) is 5.69 Å². The molecule has 0 bridgehead atoms. The molecule has 0 aromatic heterocycles. The molecule has 0 heterocycles. The number of carbonyl (C=O) groups excluding carboxylic acids is 1. The van der Waals surface area contributed by atoms with Gasteiger partial charge in [-0.3, -0.25) is 15.4 Å². The summed E-state index contributed by atoms with van der Waals surface area (Å²) in [6, 6.07) is 7.97. The van der Waals surface area contributed by atoms with Crippen LogP contribution in [0.3, 0.4) is 0 Å². The molecule has 0 spiro atoms. The van der Waals surface area contributed by atoms with Crippen molar-refractivity contribution in [2.24, 2.45) is 5.41 Å². The van der Waals surface area contributed by atoms with Gasteiger partial charge in [0.05, 0.1) is 16.0 Å². The lowest BCUT2D eigenvalue weighted by Gasteiger charge is -2.27. The minimum absolute atomic E-state index is 0.00628. The number of fused-ring (bicyclic) bond motifs is 1. The summed E-state index contributed by atoms with van der Waals surface area (Å²) >= 11 is 3.40. The average molecular weight is 407 g/mol. The predicted molar refractivity (Wildman–Crippen MR) is 102 cm³/mol. The summed E-state index contributed by atoms with van der Waals surface area (Å²) in [6.45, 7) is 9.52. The summed E-state index contributed by atoms with van der Waals surface area (Å²) in [5.74, 6) is 0. The molecule has 6 nitrogen and oxygen atoms in total. The van der Waals surface area contributed by atoms with E-state index in [2.05, 4.69) is 27.8 Å². The lowest BCUT2D eigenvalue weighted by Crippen LogP contribution is -2.31. The number of nitro groups is 1. The normalized spacial score (nSPS) is 12.5. The first-order valence-corrected chi connectivity index (χ1v) is 8.40. The maximum atomic E-state index is 12.2. The van der Waals surface area contributed by atoms with Crippen molar-refractivity contribution in [2.75, 3.05) is 5.32 Å². The largest absolute Gasteiger partial charge is 0.441 e. The first-order chi connectivity index (χ1) is 11.6. The Bertz CT molecular complexity index is 843. The number of nitro benzene ring substituents is 1. The Morgan fingerprint density at radius 3 is 2.56 bits per heavy atom. The van der Waals surface area contributed by atoms with Crippen molar-refractivity contribution in [3.8, 4) is 0 Å². The lowest BCUT2D eigenvalue weighted by molar-refractivity contribution is -0.383. The number of anilines is 1. The van der Waals surface area contributed by atoms with Crippen LogP contribution in [0.25, 0.3) is 10.8 Å². The van der Waals surface area contributed by atoms with Gasteiger partial charge in [-0.15, -0.1) is 0 Å². The fraction of sp³-hybridized carbons (Fsp3) is 0.278. The van der Waals surface area contributed by atoms with E-state index in [1.165, 1.54) is 6.07 Å². The smallest absolute Gasteiger partial charge is 0.412 e. The molecule has 2 rings (SSSR count). The van der Waals surface area contributed by atoms with Gasteiger partial charge in [0.1, 0.15) is 6.10 Å². The summed E-state index contributed by atoms with van der Waals surface area (Å²) in [6.07, 6.45) is 0.511. The van der Waals surface area contributed by atoms with Crippen LogP contribution in [0.4, 0.5) is 16.2 Å². The van der Waals surface area contributed by atoms with Crippen molar-refractivity contribution >= 4 is 44.2 Å². The number of carbonyl (C=O) groups is 1. The zero-order chi connectivity index (χ0) is 18.8. The van der Waals surface area contributed by atoms with E-state index in [1.54, 1.807) is 30.3 Å². The number of nitrogens with zero attached hydrogens (tertiary/aromatic N) is 1. The van der Waals surface area contributed by atoms with E-state index in [1.807, 2.05) is 20.8 Å². The Balaban J connectivity index is 2.30. The SMILES string of the molecule is C=CC(OC(=O)Nc1ccc2c([N+](=O)[O-])cccc2c1Br)C(C)(C)C. The van der Waals surface area contributed by atoms with Crippen LogP contribution in [0, 0.1) is 15.5 Å². The van der Waals surface area contributed by atoms with Gasteiger partial charge in [0.15, 0.2) is 0 Å². The third-order valence-corrected chi connectivity index (χ3v) is 4.56. The molecular formula is C18H19BrN2O4. The molecule has 0 radical (unpaired) electrons. The molecule has 0 aliphatic carbocycles. The van der Waals surface area contributed by atoms with Crippen molar-refractivity contribution in [1.82, 2.24) is 0 Å². The Hall–Kier alpha value is -2.41.